The minimum Gasteiger partial charge on any atom is -0.270 e. The van der Waals surface area contributed by atoms with Crippen LogP contribution in [-0.2, 0) is 25.8 Å². The van der Waals surface area contributed by atoms with Crippen molar-refractivity contribution in [2.24, 2.45) is 0 Å². The van der Waals surface area contributed by atoms with Crippen molar-refractivity contribution in [2.75, 3.05) is 0 Å². The van der Waals surface area contributed by atoms with Crippen molar-refractivity contribution in [2.45, 2.75) is 73.8 Å². The number of aryl methyl sites for hydroxylation is 4. The van der Waals surface area contributed by atoms with Crippen molar-refractivity contribution in [3.8, 4) is 0 Å². The maximum absolute atomic E-state index is 4.26. The van der Waals surface area contributed by atoms with Gasteiger partial charge in [0.15, 0.2) is 0 Å². The molecule has 0 aromatic carbocycles. The number of nitrogens with zero attached hydrogens (tertiary/aromatic N) is 3. The van der Waals surface area contributed by atoms with Crippen LogP contribution in [0.25, 0.3) is 0 Å². The number of hydrogen-bond donors (Lipinski definition) is 0. The molecule has 2 aliphatic rings. The van der Waals surface area contributed by atoms with Crippen molar-refractivity contribution in [1.82, 2.24) is 14.8 Å². The normalized spacial score (nSPS) is 12.9. The Labute approximate surface area is 136 Å². The van der Waals surface area contributed by atoms with E-state index in [2.05, 4.69) is 26.9 Å². The average molecular weight is 303 g/mol. The van der Waals surface area contributed by atoms with Crippen LogP contribution in [0, 0.1) is 0 Å². The molecule has 3 nitrogen and oxygen atoms in total. The predicted molar refractivity (Wildman–Crippen MR) is 96.2 cm³/mol. The third kappa shape index (κ3) is 5.63. The molecule has 1 aliphatic heterocycles. The molecule has 0 amide bonds. The molecule has 0 radical (unpaired) electrons. The summed E-state index contributed by atoms with van der Waals surface area (Å²) in [6.07, 6.45) is 9.98. The molecule has 0 fully saturated rings. The number of fused-ring (bicyclic) bond motifs is 2. The molecule has 124 valence electrons. The summed E-state index contributed by atoms with van der Waals surface area (Å²) in [6, 6.07) is 6.28. The predicted octanol–water partition coefficient (Wildman–Crippen LogP) is 5.09. The van der Waals surface area contributed by atoms with Crippen molar-refractivity contribution in [3.05, 3.63) is 47.5 Å². The summed E-state index contributed by atoms with van der Waals surface area (Å²) in [5.41, 5.74) is 4.17. The van der Waals surface area contributed by atoms with Gasteiger partial charge in [0, 0.05) is 30.3 Å². The van der Waals surface area contributed by atoms with Gasteiger partial charge in [-0.05, 0) is 49.8 Å². The van der Waals surface area contributed by atoms with E-state index in [4.69, 9.17) is 0 Å². The lowest BCUT2D eigenvalue weighted by atomic mass is 10.2. The molecule has 1 aliphatic carbocycles. The number of rotatable bonds is 0. The fourth-order valence-corrected chi connectivity index (χ4v) is 2.55. The van der Waals surface area contributed by atoms with E-state index >= 15 is 0 Å². The number of aromatic nitrogens is 3. The van der Waals surface area contributed by atoms with E-state index < -0.39 is 0 Å². The van der Waals surface area contributed by atoms with Gasteiger partial charge in [-0.3, -0.25) is 9.67 Å². The quantitative estimate of drug-likeness (QED) is 0.679. The lowest BCUT2D eigenvalue weighted by Gasteiger charge is -1.92. The van der Waals surface area contributed by atoms with Crippen molar-refractivity contribution >= 4 is 0 Å². The first-order chi connectivity index (χ1) is 10.4. The molecule has 0 spiro atoms. The fraction of sp³-hybridized carbons (Fsp3) is 0.579. The van der Waals surface area contributed by atoms with Crippen molar-refractivity contribution < 1.29 is 0 Å². The smallest absolute Gasteiger partial charge is 0.0492 e. The van der Waals surface area contributed by atoms with Crippen molar-refractivity contribution in [1.29, 1.82) is 0 Å². The Morgan fingerprint density at radius 3 is 2.36 bits per heavy atom. The van der Waals surface area contributed by atoms with Gasteiger partial charge in [-0.25, -0.2) is 0 Å². The van der Waals surface area contributed by atoms with E-state index in [1.54, 1.807) is 0 Å². The SMILES string of the molecule is C.CC.CC.c1cc2n(n1)CCC2.c1cnc2c(c1)CCC2. The molecule has 2 aromatic heterocycles. The summed E-state index contributed by atoms with van der Waals surface area (Å²) < 4.78 is 2.07. The van der Waals surface area contributed by atoms with Crippen LogP contribution in [0.3, 0.4) is 0 Å². The van der Waals surface area contributed by atoms with Gasteiger partial charge in [0.1, 0.15) is 0 Å². The van der Waals surface area contributed by atoms with Crippen LogP contribution in [0.5, 0.6) is 0 Å². The maximum Gasteiger partial charge on any atom is 0.0492 e. The van der Waals surface area contributed by atoms with E-state index in [1.165, 1.54) is 49.1 Å². The van der Waals surface area contributed by atoms with Crippen LogP contribution < -0.4 is 0 Å². The zero-order valence-corrected chi connectivity index (χ0v) is 14.0. The van der Waals surface area contributed by atoms with Crippen LogP contribution in [0.1, 0.15) is 64.9 Å². The van der Waals surface area contributed by atoms with Gasteiger partial charge in [0.25, 0.3) is 0 Å². The Bertz CT molecular complexity index is 461. The first kappa shape index (κ1) is 20.4. The molecular formula is C19H33N3. The van der Waals surface area contributed by atoms with Crippen molar-refractivity contribution in [3.63, 3.8) is 0 Å². The second-order valence-corrected chi connectivity index (χ2v) is 4.61. The van der Waals surface area contributed by atoms with Crippen LogP contribution in [0.4, 0.5) is 0 Å². The van der Waals surface area contributed by atoms with Crippen LogP contribution >= 0.6 is 0 Å². The van der Waals surface area contributed by atoms with Crippen LogP contribution in [-0.4, -0.2) is 14.8 Å². The highest BCUT2D eigenvalue weighted by atomic mass is 15.3. The third-order valence-corrected chi connectivity index (χ3v) is 3.45. The molecular weight excluding hydrogens is 270 g/mol. The molecule has 0 bridgehead atoms. The topological polar surface area (TPSA) is 30.7 Å². The van der Waals surface area contributed by atoms with Crippen LogP contribution in [0.2, 0.25) is 0 Å². The molecule has 0 unspecified atom stereocenters. The second kappa shape index (κ2) is 12.0. The fourth-order valence-electron chi connectivity index (χ4n) is 2.55. The molecule has 0 atom stereocenters. The Hall–Kier alpha value is -1.64. The highest BCUT2D eigenvalue weighted by molar-refractivity contribution is 5.23. The van der Waals surface area contributed by atoms with Gasteiger partial charge < -0.3 is 0 Å². The molecule has 0 saturated heterocycles. The summed E-state index contributed by atoms with van der Waals surface area (Å²) in [5, 5.41) is 4.11. The zero-order valence-electron chi connectivity index (χ0n) is 14.0. The van der Waals surface area contributed by atoms with Gasteiger partial charge in [0.2, 0.25) is 0 Å². The molecule has 0 saturated carbocycles. The lowest BCUT2D eigenvalue weighted by Crippen LogP contribution is -1.92. The summed E-state index contributed by atoms with van der Waals surface area (Å²) >= 11 is 0. The third-order valence-electron chi connectivity index (χ3n) is 3.45. The van der Waals surface area contributed by atoms with Gasteiger partial charge in [-0.2, -0.15) is 5.10 Å². The standard InChI is InChI=1S/C8H9N.C6H8N2.2C2H6.CH4/c1-3-7-4-2-6-9-8(7)5-1;1-2-6-3-4-7-8(6)5-1;2*1-2;/h2,4,6H,1,3,5H2;3-4H,1-2,5H2;2*1-2H3;1H4. The lowest BCUT2D eigenvalue weighted by molar-refractivity contribution is 0.656. The first-order valence-electron chi connectivity index (χ1n) is 8.37. The largest absolute Gasteiger partial charge is 0.270 e. The summed E-state index contributed by atoms with van der Waals surface area (Å²) in [6.45, 7) is 9.13. The maximum atomic E-state index is 4.26. The monoisotopic (exact) mass is 303 g/mol. The minimum atomic E-state index is 0. The zero-order chi connectivity index (χ0) is 15.5. The van der Waals surface area contributed by atoms with Gasteiger partial charge in [-0.15, -0.1) is 0 Å². The molecule has 2 aromatic rings. The minimum absolute atomic E-state index is 0. The highest BCUT2D eigenvalue weighted by Gasteiger charge is 2.09. The summed E-state index contributed by atoms with van der Waals surface area (Å²) in [4.78, 5) is 4.26. The van der Waals surface area contributed by atoms with E-state index in [0.29, 0.717) is 0 Å². The van der Waals surface area contributed by atoms with E-state index in [1.807, 2.05) is 46.2 Å². The Morgan fingerprint density at radius 2 is 1.68 bits per heavy atom. The Morgan fingerprint density at radius 1 is 0.909 bits per heavy atom. The number of pyridine rings is 1. The number of hydrogen-bond acceptors (Lipinski definition) is 2. The molecule has 0 N–H and O–H groups in total. The van der Waals surface area contributed by atoms with Gasteiger partial charge in [-0.1, -0.05) is 41.2 Å². The van der Waals surface area contributed by atoms with Crippen LogP contribution in [0.15, 0.2) is 30.6 Å². The van der Waals surface area contributed by atoms with E-state index in [-0.39, 0.29) is 7.43 Å². The second-order valence-electron chi connectivity index (χ2n) is 4.61. The van der Waals surface area contributed by atoms with Gasteiger partial charge in [0.05, 0.1) is 0 Å². The van der Waals surface area contributed by atoms with Gasteiger partial charge >= 0.3 is 0 Å². The molecule has 4 rings (SSSR count). The molecule has 3 heterocycles. The first-order valence-corrected chi connectivity index (χ1v) is 8.37. The Balaban J connectivity index is 0.000000318. The molecule has 3 heteroatoms. The Kier molecular flexibility index (Phi) is 11.1. The van der Waals surface area contributed by atoms with E-state index in [0.717, 1.165) is 6.54 Å². The highest BCUT2D eigenvalue weighted by Crippen LogP contribution is 2.17. The van der Waals surface area contributed by atoms with E-state index in [9.17, 15) is 0 Å². The molecule has 22 heavy (non-hydrogen) atoms. The average Bonchev–Trinajstić information content (AvgIpc) is 3.28. The summed E-state index contributed by atoms with van der Waals surface area (Å²) in [7, 11) is 0. The summed E-state index contributed by atoms with van der Waals surface area (Å²) in [5.74, 6) is 0.